The van der Waals surface area contributed by atoms with Gasteiger partial charge in [0.25, 0.3) is 11.8 Å². The molecule has 38 heavy (non-hydrogen) atoms. The molecular weight excluding hydrogens is 496 g/mol. The number of nitrogens with one attached hydrogen (secondary N) is 1. The third kappa shape index (κ3) is 4.56. The fraction of sp³-hybridized carbons (Fsp3) is 0.321. The molecule has 1 aromatic heterocycles. The number of likely N-dealkylation sites (N-methyl/N-ethyl adjacent to an activating group) is 1. The Labute approximate surface area is 217 Å². The number of hydrogen-bond acceptors (Lipinski definition) is 5. The Balaban J connectivity index is 1.41. The first-order valence-corrected chi connectivity index (χ1v) is 12.4. The predicted octanol–water partition coefficient (Wildman–Crippen LogP) is 3.31. The number of pyridine rings is 1. The van der Waals surface area contributed by atoms with Gasteiger partial charge >= 0.3 is 0 Å². The summed E-state index contributed by atoms with van der Waals surface area (Å²) < 4.78 is 34.8. The third-order valence-electron chi connectivity index (χ3n) is 7.29. The molecule has 0 unspecified atom stereocenters. The Morgan fingerprint density at radius 2 is 1.89 bits per heavy atom. The van der Waals surface area contributed by atoms with E-state index >= 15 is 0 Å². The minimum absolute atomic E-state index is 0.0321. The van der Waals surface area contributed by atoms with E-state index in [9.17, 15) is 28.3 Å². The van der Waals surface area contributed by atoms with E-state index in [1.165, 1.54) is 16.8 Å². The minimum atomic E-state index is -0.994. The molecule has 5 rings (SSSR count). The predicted molar refractivity (Wildman–Crippen MR) is 134 cm³/mol. The Kier molecular flexibility index (Phi) is 6.75. The largest absolute Gasteiger partial charge is 0.503 e. The first-order chi connectivity index (χ1) is 18.2. The lowest BCUT2D eigenvalue weighted by molar-refractivity contribution is -0.0944. The van der Waals surface area contributed by atoms with Gasteiger partial charge in [-0.15, -0.1) is 0 Å². The van der Waals surface area contributed by atoms with Gasteiger partial charge in [0.2, 0.25) is 5.43 Å². The summed E-state index contributed by atoms with van der Waals surface area (Å²) in [5, 5.41) is 13.2. The third-order valence-corrected chi connectivity index (χ3v) is 7.29. The molecule has 2 aliphatic rings. The Hall–Kier alpha value is -4.05. The number of aromatic nitrogens is 1. The maximum atomic E-state index is 14.0. The van der Waals surface area contributed by atoms with Gasteiger partial charge in [0, 0.05) is 37.5 Å². The first-order valence-electron chi connectivity index (χ1n) is 12.4. The summed E-state index contributed by atoms with van der Waals surface area (Å²) >= 11 is 0. The van der Waals surface area contributed by atoms with Crippen molar-refractivity contribution in [1.82, 2.24) is 14.8 Å². The Bertz CT molecular complexity index is 1450. The molecule has 0 radical (unpaired) electrons. The van der Waals surface area contributed by atoms with E-state index in [0.717, 1.165) is 11.6 Å². The van der Waals surface area contributed by atoms with Crippen LogP contribution in [0.4, 0.5) is 8.78 Å². The standard InChI is InChI=1S/C28H27F2N3O5/c1-2-32-16-28(11-20(12-28)38-15-17-6-4-3-5-7-17)33-14-21(24(34)25(35)23(33)27(32)37)26(36)31-13-18-8-9-19(29)10-22(18)30/h3-10,14,20,35H,2,11-13,15-16H2,1H3,(H,31,36)/t20-,28+. The molecule has 2 aromatic carbocycles. The van der Waals surface area contributed by atoms with E-state index in [2.05, 4.69) is 5.32 Å². The molecule has 1 fully saturated rings. The zero-order chi connectivity index (χ0) is 27.0. The molecule has 1 aliphatic carbocycles. The summed E-state index contributed by atoms with van der Waals surface area (Å²) in [6.45, 7) is 2.67. The number of nitrogens with zero attached hydrogens (tertiary/aromatic N) is 2. The lowest BCUT2D eigenvalue weighted by Crippen LogP contribution is -2.62. The maximum Gasteiger partial charge on any atom is 0.274 e. The molecule has 1 spiro atoms. The van der Waals surface area contributed by atoms with Gasteiger partial charge in [-0.05, 0) is 31.4 Å². The topological polar surface area (TPSA) is 101 Å². The second kappa shape index (κ2) is 10.0. The lowest BCUT2D eigenvalue weighted by Gasteiger charge is -2.54. The van der Waals surface area contributed by atoms with Crippen molar-refractivity contribution in [2.45, 2.75) is 44.6 Å². The van der Waals surface area contributed by atoms with Crippen molar-refractivity contribution < 1.29 is 28.2 Å². The van der Waals surface area contributed by atoms with Gasteiger partial charge in [-0.1, -0.05) is 36.4 Å². The van der Waals surface area contributed by atoms with Crippen molar-refractivity contribution in [3.8, 4) is 5.75 Å². The van der Waals surface area contributed by atoms with Gasteiger partial charge < -0.3 is 24.6 Å². The van der Waals surface area contributed by atoms with Crippen LogP contribution in [-0.4, -0.2) is 45.6 Å². The van der Waals surface area contributed by atoms with Crippen LogP contribution < -0.4 is 10.7 Å². The summed E-state index contributed by atoms with van der Waals surface area (Å²) in [6.07, 6.45) is 2.21. The molecular formula is C28H27F2N3O5. The Morgan fingerprint density at radius 3 is 2.58 bits per heavy atom. The highest BCUT2D eigenvalue weighted by Gasteiger charge is 2.52. The summed E-state index contributed by atoms with van der Waals surface area (Å²) in [5.41, 5.74) is -1.13. The minimum Gasteiger partial charge on any atom is -0.503 e. The molecule has 2 heterocycles. The molecule has 198 valence electrons. The number of hydrogen-bond donors (Lipinski definition) is 2. The van der Waals surface area contributed by atoms with Gasteiger partial charge in [-0.2, -0.15) is 0 Å². The summed E-state index contributed by atoms with van der Waals surface area (Å²) in [4.78, 5) is 40.6. The van der Waals surface area contributed by atoms with Crippen LogP contribution in [0.25, 0.3) is 0 Å². The van der Waals surface area contributed by atoms with Crippen LogP contribution in [0.15, 0.2) is 59.5 Å². The summed E-state index contributed by atoms with van der Waals surface area (Å²) in [6, 6.07) is 12.7. The fourth-order valence-corrected chi connectivity index (χ4v) is 5.21. The first kappa shape index (κ1) is 25.6. The molecule has 0 atom stereocenters. The quantitative estimate of drug-likeness (QED) is 0.495. The molecule has 0 saturated heterocycles. The van der Waals surface area contributed by atoms with Gasteiger partial charge in [0.05, 0.1) is 18.2 Å². The van der Waals surface area contributed by atoms with Crippen LogP contribution in [0.2, 0.25) is 0 Å². The highest BCUT2D eigenvalue weighted by molar-refractivity contribution is 5.99. The van der Waals surface area contributed by atoms with E-state index in [1.54, 1.807) is 4.90 Å². The van der Waals surface area contributed by atoms with Gasteiger partial charge in [-0.25, -0.2) is 8.78 Å². The molecule has 10 heteroatoms. The zero-order valence-corrected chi connectivity index (χ0v) is 20.7. The number of carbonyl (C=O) groups is 2. The van der Waals surface area contributed by atoms with Crippen LogP contribution in [-0.2, 0) is 23.4 Å². The molecule has 0 bridgehead atoms. The second-order valence-corrected chi connectivity index (χ2v) is 9.73. The summed E-state index contributed by atoms with van der Waals surface area (Å²) in [7, 11) is 0. The zero-order valence-electron chi connectivity index (χ0n) is 20.7. The fourth-order valence-electron chi connectivity index (χ4n) is 5.21. The van der Waals surface area contributed by atoms with E-state index in [0.29, 0.717) is 38.6 Å². The molecule has 2 N–H and O–H groups in total. The molecule has 2 amide bonds. The number of benzene rings is 2. The second-order valence-electron chi connectivity index (χ2n) is 9.73. The molecule has 8 nitrogen and oxygen atoms in total. The van der Waals surface area contributed by atoms with E-state index in [4.69, 9.17) is 4.74 Å². The maximum absolute atomic E-state index is 14.0. The monoisotopic (exact) mass is 523 g/mol. The van der Waals surface area contributed by atoms with E-state index in [1.807, 2.05) is 37.3 Å². The van der Waals surface area contributed by atoms with Crippen LogP contribution in [0.3, 0.4) is 0 Å². The van der Waals surface area contributed by atoms with Crippen molar-refractivity contribution in [1.29, 1.82) is 0 Å². The van der Waals surface area contributed by atoms with Crippen molar-refractivity contribution in [2.24, 2.45) is 0 Å². The highest BCUT2D eigenvalue weighted by Crippen LogP contribution is 2.46. The van der Waals surface area contributed by atoms with Crippen LogP contribution in [0.5, 0.6) is 5.75 Å². The summed E-state index contributed by atoms with van der Waals surface area (Å²) in [5.74, 6) is -3.74. The van der Waals surface area contributed by atoms with Gasteiger partial charge in [0.15, 0.2) is 11.4 Å². The molecule has 1 saturated carbocycles. The van der Waals surface area contributed by atoms with E-state index in [-0.39, 0.29) is 29.5 Å². The average molecular weight is 524 g/mol. The number of halogens is 2. The number of fused-ring (bicyclic) bond motifs is 2. The number of ether oxygens (including phenoxy) is 1. The number of rotatable bonds is 7. The van der Waals surface area contributed by atoms with Crippen LogP contribution in [0.1, 0.15) is 51.7 Å². The van der Waals surface area contributed by atoms with Crippen molar-refractivity contribution in [3.05, 3.63) is 99.0 Å². The number of aromatic hydroxyl groups is 1. The van der Waals surface area contributed by atoms with Gasteiger partial charge in [-0.3, -0.25) is 14.4 Å². The number of carbonyl (C=O) groups excluding carboxylic acids is 2. The average Bonchev–Trinajstić information content (AvgIpc) is 2.88. The van der Waals surface area contributed by atoms with E-state index < -0.39 is 40.2 Å². The SMILES string of the molecule is CCN1C[C@]2(C[C@H](OCc3ccccc3)C2)n2cc(C(=O)NCc3ccc(F)cc3F)c(=O)c(O)c2C1=O. The van der Waals surface area contributed by atoms with Gasteiger partial charge in [0.1, 0.15) is 17.2 Å². The Morgan fingerprint density at radius 1 is 1.16 bits per heavy atom. The van der Waals surface area contributed by atoms with Crippen molar-refractivity contribution >= 4 is 11.8 Å². The smallest absolute Gasteiger partial charge is 0.274 e. The van der Waals surface area contributed by atoms with Crippen molar-refractivity contribution in [2.75, 3.05) is 13.1 Å². The molecule has 1 aliphatic heterocycles. The molecule has 3 aromatic rings. The number of amides is 2. The van der Waals surface area contributed by atoms with Crippen LogP contribution in [0, 0.1) is 11.6 Å². The van der Waals surface area contributed by atoms with Crippen molar-refractivity contribution in [3.63, 3.8) is 0 Å². The highest BCUT2D eigenvalue weighted by atomic mass is 19.1. The van der Waals surface area contributed by atoms with Crippen LogP contribution >= 0.6 is 0 Å². The lowest BCUT2D eigenvalue weighted by atomic mass is 9.71. The normalized spacial score (nSPS) is 20.2.